The third kappa shape index (κ3) is 10.8. The van der Waals surface area contributed by atoms with Crippen LogP contribution in [-0.4, -0.2) is 29.6 Å². The van der Waals surface area contributed by atoms with Gasteiger partial charge >= 0.3 is 0 Å². The minimum absolute atomic E-state index is 0.618. The maximum Gasteiger partial charge on any atom is 0.100 e. The summed E-state index contributed by atoms with van der Waals surface area (Å²) in [5, 5.41) is 0. The second kappa shape index (κ2) is 15.6. The van der Waals surface area contributed by atoms with Crippen molar-refractivity contribution in [3.8, 4) is 0 Å². The molecule has 1 unspecified atom stereocenters. The maximum absolute atomic E-state index is 2.55. The Morgan fingerprint density at radius 2 is 1.08 bits per heavy atom. The number of rotatable bonds is 17. The third-order valence-corrected chi connectivity index (χ3v) is 5.66. The van der Waals surface area contributed by atoms with E-state index in [9.17, 15) is 0 Å². The van der Waals surface area contributed by atoms with Crippen molar-refractivity contribution in [3.05, 3.63) is 12.4 Å². The minimum atomic E-state index is 0.618. The van der Waals surface area contributed by atoms with E-state index < -0.39 is 0 Å². The Kier molecular flexibility index (Phi) is 14.0. The summed E-state index contributed by atoms with van der Waals surface area (Å²) in [6.07, 6.45) is 27.9. The van der Waals surface area contributed by atoms with E-state index in [1.165, 1.54) is 109 Å². The average molecular weight is 351 g/mol. The van der Waals surface area contributed by atoms with Gasteiger partial charge in [-0.3, -0.25) is 0 Å². The van der Waals surface area contributed by atoms with E-state index in [0.717, 1.165) is 0 Å². The lowest BCUT2D eigenvalue weighted by Gasteiger charge is -2.30. The molecule has 0 spiro atoms. The molecule has 2 nitrogen and oxygen atoms in total. The molecule has 2 heteroatoms. The third-order valence-electron chi connectivity index (χ3n) is 5.66. The van der Waals surface area contributed by atoms with E-state index in [4.69, 9.17) is 0 Å². The monoisotopic (exact) mass is 350 g/mol. The van der Waals surface area contributed by atoms with Crippen molar-refractivity contribution in [2.24, 2.45) is 0 Å². The van der Waals surface area contributed by atoms with E-state index >= 15 is 0 Å². The van der Waals surface area contributed by atoms with Crippen molar-refractivity contribution in [2.75, 3.05) is 13.6 Å². The Labute approximate surface area is 159 Å². The number of hydrogen-bond donors (Lipinski definition) is 0. The highest BCUT2D eigenvalue weighted by atomic mass is 15.4. The van der Waals surface area contributed by atoms with Crippen LogP contribution in [0.15, 0.2) is 12.4 Å². The molecule has 0 aromatic heterocycles. The first-order valence-corrected chi connectivity index (χ1v) is 11.5. The fourth-order valence-electron chi connectivity index (χ4n) is 3.96. The number of unbranched alkanes of at least 4 members (excludes halogenated alkanes) is 13. The van der Waals surface area contributed by atoms with Crippen molar-refractivity contribution in [1.29, 1.82) is 0 Å². The molecule has 0 N–H and O–H groups in total. The number of nitrogens with zero attached hydrogens (tertiary/aromatic N) is 2. The quantitative estimate of drug-likeness (QED) is 0.254. The van der Waals surface area contributed by atoms with Gasteiger partial charge in [0.05, 0.1) is 0 Å². The molecule has 0 aliphatic carbocycles. The normalized spacial score (nSPS) is 17.0. The lowest BCUT2D eigenvalue weighted by Crippen LogP contribution is -2.36. The molecular weight excluding hydrogens is 304 g/mol. The van der Waals surface area contributed by atoms with Gasteiger partial charge in [0.25, 0.3) is 0 Å². The van der Waals surface area contributed by atoms with E-state index in [0.29, 0.717) is 6.17 Å². The first-order chi connectivity index (χ1) is 12.3. The zero-order valence-electron chi connectivity index (χ0n) is 17.6. The van der Waals surface area contributed by atoms with Gasteiger partial charge in [-0.2, -0.15) is 0 Å². The van der Waals surface area contributed by atoms with Crippen molar-refractivity contribution in [3.63, 3.8) is 0 Å². The Bertz CT molecular complexity index is 313. The molecule has 1 aliphatic heterocycles. The smallest absolute Gasteiger partial charge is 0.100 e. The summed E-state index contributed by atoms with van der Waals surface area (Å²) in [7, 11) is 2.21. The highest BCUT2D eigenvalue weighted by molar-refractivity contribution is 4.95. The Morgan fingerprint density at radius 3 is 1.56 bits per heavy atom. The van der Waals surface area contributed by atoms with Crippen LogP contribution in [0.3, 0.4) is 0 Å². The van der Waals surface area contributed by atoms with Gasteiger partial charge in [-0.05, 0) is 12.8 Å². The predicted molar refractivity (Wildman–Crippen MR) is 113 cm³/mol. The Morgan fingerprint density at radius 1 is 0.600 bits per heavy atom. The van der Waals surface area contributed by atoms with Crippen LogP contribution in [0.2, 0.25) is 0 Å². The molecule has 0 aromatic carbocycles. The van der Waals surface area contributed by atoms with Gasteiger partial charge < -0.3 is 9.80 Å². The molecule has 1 atom stereocenters. The van der Waals surface area contributed by atoms with E-state index in [2.05, 4.69) is 43.1 Å². The maximum atomic E-state index is 2.55. The highest BCUT2D eigenvalue weighted by Crippen LogP contribution is 2.19. The fraction of sp³-hybridized carbons (Fsp3) is 0.913. The SMILES string of the molecule is CCCCCCCCCCCCCCCCN1C=CN(C)C1CCC. The lowest BCUT2D eigenvalue weighted by molar-refractivity contribution is 0.162. The van der Waals surface area contributed by atoms with Gasteiger partial charge in [0.1, 0.15) is 6.17 Å². The molecular formula is C23H46N2. The molecule has 0 radical (unpaired) electrons. The predicted octanol–water partition coefficient (Wildman–Crippen LogP) is 7.31. The van der Waals surface area contributed by atoms with E-state index in [1.54, 1.807) is 0 Å². The second-order valence-electron chi connectivity index (χ2n) is 8.07. The fourth-order valence-corrected chi connectivity index (χ4v) is 3.96. The second-order valence-corrected chi connectivity index (χ2v) is 8.07. The Hall–Kier alpha value is -0.660. The molecule has 0 aromatic rings. The zero-order valence-corrected chi connectivity index (χ0v) is 17.6. The van der Waals surface area contributed by atoms with Crippen LogP contribution >= 0.6 is 0 Å². The van der Waals surface area contributed by atoms with Gasteiger partial charge in [0.15, 0.2) is 0 Å². The minimum Gasteiger partial charge on any atom is -0.359 e. The van der Waals surface area contributed by atoms with Crippen LogP contribution in [0, 0.1) is 0 Å². The first-order valence-electron chi connectivity index (χ1n) is 11.5. The summed E-state index contributed by atoms with van der Waals surface area (Å²) in [4.78, 5) is 4.91. The van der Waals surface area contributed by atoms with Crippen molar-refractivity contribution in [2.45, 2.75) is 123 Å². The standard InChI is InChI=1S/C23H46N2/c1-4-6-7-8-9-10-11-12-13-14-15-16-17-18-20-25-22-21-24(3)23(25)19-5-2/h21-23H,4-20H2,1-3H3. The molecule has 0 saturated heterocycles. The molecule has 0 fully saturated rings. The van der Waals surface area contributed by atoms with Crippen molar-refractivity contribution >= 4 is 0 Å². The zero-order chi connectivity index (χ0) is 18.2. The van der Waals surface area contributed by atoms with E-state index in [1.807, 2.05) is 0 Å². The van der Waals surface area contributed by atoms with Crippen LogP contribution < -0.4 is 0 Å². The summed E-state index contributed by atoms with van der Waals surface area (Å²) in [6.45, 7) is 5.82. The number of hydrogen-bond acceptors (Lipinski definition) is 2. The van der Waals surface area contributed by atoms with E-state index in [-0.39, 0.29) is 0 Å². The Balaban J connectivity index is 1.82. The summed E-state index contributed by atoms with van der Waals surface area (Å²) in [5.74, 6) is 0. The summed E-state index contributed by atoms with van der Waals surface area (Å²) in [6, 6.07) is 0. The van der Waals surface area contributed by atoms with Gasteiger partial charge in [0, 0.05) is 26.0 Å². The molecule has 0 bridgehead atoms. The van der Waals surface area contributed by atoms with Gasteiger partial charge in [0.2, 0.25) is 0 Å². The van der Waals surface area contributed by atoms with Crippen LogP contribution in [0.5, 0.6) is 0 Å². The van der Waals surface area contributed by atoms with Crippen molar-refractivity contribution in [1.82, 2.24) is 9.80 Å². The molecule has 1 rings (SSSR count). The molecule has 1 heterocycles. The summed E-state index contributed by atoms with van der Waals surface area (Å²) < 4.78 is 0. The van der Waals surface area contributed by atoms with Crippen LogP contribution in [0.25, 0.3) is 0 Å². The molecule has 0 amide bonds. The summed E-state index contributed by atoms with van der Waals surface area (Å²) in [5.41, 5.74) is 0. The largest absolute Gasteiger partial charge is 0.359 e. The van der Waals surface area contributed by atoms with Crippen LogP contribution in [-0.2, 0) is 0 Å². The molecule has 25 heavy (non-hydrogen) atoms. The van der Waals surface area contributed by atoms with Crippen molar-refractivity contribution < 1.29 is 0 Å². The van der Waals surface area contributed by atoms with Crippen LogP contribution in [0.1, 0.15) is 117 Å². The highest BCUT2D eigenvalue weighted by Gasteiger charge is 2.21. The van der Waals surface area contributed by atoms with Gasteiger partial charge in [-0.25, -0.2) is 0 Å². The topological polar surface area (TPSA) is 6.48 Å². The van der Waals surface area contributed by atoms with Gasteiger partial charge in [-0.15, -0.1) is 0 Å². The lowest BCUT2D eigenvalue weighted by atomic mass is 10.0. The van der Waals surface area contributed by atoms with Gasteiger partial charge in [-0.1, -0.05) is 104 Å². The first kappa shape index (κ1) is 22.4. The van der Waals surface area contributed by atoms with Crippen LogP contribution in [0.4, 0.5) is 0 Å². The average Bonchev–Trinajstić information content (AvgIpc) is 2.96. The molecule has 148 valence electrons. The molecule has 0 saturated carbocycles. The molecule has 1 aliphatic rings. The summed E-state index contributed by atoms with van der Waals surface area (Å²) >= 11 is 0.